The molecule has 0 spiro atoms. The second kappa shape index (κ2) is 14.6. The fourth-order valence-corrected chi connectivity index (χ4v) is 17.6. The van der Waals surface area contributed by atoms with Crippen molar-refractivity contribution in [3.63, 3.8) is 0 Å². The van der Waals surface area contributed by atoms with E-state index in [2.05, 4.69) is 4.52 Å². The van der Waals surface area contributed by atoms with Gasteiger partial charge in [0.2, 0.25) is 22.5 Å². The first-order chi connectivity index (χ1) is 10.4. The zero-order chi connectivity index (χ0) is 18.5. The lowest BCUT2D eigenvalue weighted by molar-refractivity contribution is 0.997. The molecule has 0 fully saturated rings. The van der Waals surface area contributed by atoms with Crippen LogP contribution in [0.25, 0.3) is 0 Å². The molecule has 138 valence electrons. The number of hydrogen-bond donors (Lipinski definition) is 0. The number of nitrogens with zero attached hydrogens (tertiary/aromatic N) is 5. The molecular weight excluding hydrogens is 681 g/mol. The molecule has 0 amide bonds. The summed E-state index contributed by atoms with van der Waals surface area (Å²) in [5.41, 5.74) is 0. The highest BCUT2D eigenvalue weighted by Crippen LogP contribution is 2.80. The average Bonchev–Trinajstić information content (AvgIpc) is 2.48. The second-order valence-corrected chi connectivity index (χ2v) is 22.2. The van der Waals surface area contributed by atoms with Crippen LogP contribution < -0.4 is 0 Å². The third-order valence-electron chi connectivity index (χ3n) is 1.22. The second-order valence-electron chi connectivity index (χ2n) is 2.44. The van der Waals surface area contributed by atoms with Crippen LogP contribution in [0.15, 0.2) is 4.52 Å². The summed E-state index contributed by atoms with van der Waals surface area (Å²) in [4.78, 5) is 0. The van der Waals surface area contributed by atoms with Gasteiger partial charge in [0.15, 0.2) is 29.5 Å². The van der Waals surface area contributed by atoms with Crippen LogP contribution in [0.1, 0.15) is 0 Å². The molecule has 0 saturated heterocycles. The van der Waals surface area contributed by atoms with Crippen molar-refractivity contribution in [2.45, 2.75) is 0 Å². The highest BCUT2D eigenvalue weighted by Gasteiger charge is 2.40. The van der Waals surface area contributed by atoms with Gasteiger partial charge in [0.05, 0.1) is 0 Å². The van der Waals surface area contributed by atoms with Gasteiger partial charge >= 0.3 is 6.42 Å². The summed E-state index contributed by atoms with van der Waals surface area (Å²) in [5, 5.41) is 0. The fraction of sp³-hybridized carbons (Fsp3) is 0. The van der Waals surface area contributed by atoms with Gasteiger partial charge < -0.3 is 0 Å². The lowest BCUT2D eigenvalue weighted by Gasteiger charge is -2.33. The van der Waals surface area contributed by atoms with Crippen molar-refractivity contribution in [1.82, 2.24) is 15.8 Å². The molecule has 0 aliphatic heterocycles. The number of hydrogen-bond acceptors (Lipinski definition) is 5. The number of rotatable bonds is 9. The maximum Gasteiger partial charge on any atom is 0.444 e. The van der Waals surface area contributed by atoms with E-state index >= 15 is 0 Å². The molecule has 23 heavy (non-hydrogen) atoms. The van der Waals surface area contributed by atoms with E-state index in [1.807, 2.05) is 0 Å². The Morgan fingerprint density at radius 1 is 0.609 bits per heavy atom. The molecule has 0 saturated carbocycles. The fourth-order valence-electron chi connectivity index (χ4n) is 0.510. The van der Waals surface area contributed by atoms with Crippen LogP contribution in [0, 0.1) is 0 Å². The monoisotopic (exact) mass is 675 g/mol. The van der Waals surface area contributed by atoms with E-state index in [1.54, 1.807) is 0 Å². The van der Waals surface area contributed by atoms with E-state index < -0.39 is 43.5 Å². The molecule has 0 aromatic rings. The Kier molecular flexibility index (Phi) is 18.1. The average molecular weight is 681 g/mol. The predicted molar refractivity (Wildman–Crippen MR) is 122 cm³/mol. The Labute approximate surface area is 198 Å². The van der Waals surface area contributed by atoms with E-state index in [0.29, 0.717) is 0 Å². The Morgan fingerprint density at radius 3 is 1.30 bits per heavy atom. The van der Waals surface area contributed by atoms with Crippen LogP contribution in [0.4, 0.5) is 0 Å². The number of halogens is 12. The van der Waals surface area contributed by atoms with Crippen molar-refractivity contribution in [2.24, 2.45) is 4.52 Å². The van der Waals surface area contributed by atoms with Gasteiger partial charge in [-0.25, -0.2) is 0 Å². The standard InChI is InChI=1S/Cl12N5P6/c1-14(19(7)8)21(10)16(3)23(12)17(4)22(11)15(2)20(9)13-18(5)6/q+1. The first-order valence-corrected chi connectivity index (χ1v) is 20.2. The molecule has 23 heteroatoms. The minimum Gasteiger partial charge on any atom is -0.117 e. The van der Waals surface area contributed by atoms with Gasteiger partial charge in [-0.1, -0.05) is 56.2 Å². The third-order valence-corrected chi connectivity index (χ3v) is 22.9. The Balaban J connectivity index is 4.92. The van der Waals surface area contributed by atoms with Gasteiger partial charge in [0, 0.05) is 0 Å². The van der Waals surface area contributed by atoms with Crippen LogP contribution in [0.5, 0.6) is 0 Å². The van der Waals surface area contributed by atoms with Gasteiger partial charge in [-0.2, -0.15) is 0 Å². The molecule has 0 N–H and O–H groups in total. The first-order valence-electron chi connectivity index (χ1n) is 4.03. The molecule has 0 bridgehead atoms. The van der Waals surface area contributed by atoms with Crippen molar-refractivity contribution >= 4 is 181 Å². The van der Waals surface area contributed by atoms with E-state index in [1.165, 1.54) is 0 Å². The maximum absolute atomic E-state index is 6.13. The van der Waals surface area contributed by atoms with Crippen LogP contribution in [0.2, 0.25) is 0 Å². The minimum atomic E-state index is -1.96. The maximum atomic E-state index is 6.13. The van der Waals surface area contributed by atoms with Crippen molar-refractivity contribution < 1.29 is 0 Å². The van der Waals surface area contributed by atoms with Crippen LogP contribution in [-0.2, 0) is 0 Å². The molecule has 0 aliphatic rings. The molecule has 4 unspecified atom stereocenters. The summed E-state index contributed by atoms with van der Waals surface area (Å²) in [6.07, 6.45) is -1.67. The third kappa shape index (κ3) is 10.4. The van der Waals surface area contributed by atoms with Crippen LogP contribution >= 0.6 is 181 Å². The first kappa shape index (κ1) is 28.6. The Bertz CT molecular complexity index is 381. The van der Waals surface area contributed by atoms with E-state index in [4.69, 9.17) is 137 Å². The van der Waals surface area contributed by atoms with Crippen LogP contribution in [-0.4, -0.2) is 15.8 Å². The molecule has 0 heterocycles. The van der Waals surface area contributed by atoms with E-state index in [-0.39, 0.29) is 0 Å². The summed E-state index contributed by atoms with van der Waals surface area (Å²) in [5.74, 6) is 0. The SMILES string of the molecule is ClN(P(Cl)Cl)P(Cl)N(Cl)P(Cl)N(Cl)P(Cl)N(Cl)P(Cl)N=[P+](Cl)Cl. The quantitative estimate of drug-likeness (QED) is 0.179. The highest BCUT2D eigenvalue weighted by atomic mass is 35.9. The predicted octanol–water partition coefficient (Wildman–Crippen LogP) is 12.4. The van der Waals surface area contributed by atoms with Gasteiger partial charge in [0.1, 0.15) is 0 Å². The zero-order valence-electron chi connectivity index (χ0n) is 9.45. The molecule has 0 rings (SSSR count). The molecule has 4 atom stereocenters. The summed E-state index contributed by atoms with van der Waals surface area (Å²) >= 11 is 70.3. The highest BCUT2D eigenvalue weighted by molar-refractivity contribution is 8.10. The zero-order valence-corrected chi connectivity index (χ0v) is 23.9. The lowest BCUT2D eigenvalue weighted by atomic mass is 13.7. The largest absolute Gasteiger partial charge is 0.444 e. The topological polar surface area (TPSA) is 25.3 Å². The lowest BCUT2D eigenvalue weighted by Crippen LogP contribution is -2.09. The Hall–Kier alpha value is 5.57. The summed E-state index contributed by atoms with van der Waals surface area (Å²) in [6, 6.07) is 0. The molecular formula is Cl12N5P6+. The van der Waals surface area contributed by atoms with Gasteiger partial charge in [-0.05, 0) is 62.9 Å². The van der Waals surface area contributed by atoms with Gasteiger partial charge in [-0.15, -0.1) is 15.8 Å². The molecule has 0 aliphatic carbocycles. The minimum absolute atomic E-state index is 0.914. The normalized spacial score (nSPS) is 18.0. The molecule has 0 aromatic carbocycles. The van der Waals surface area contributed by atoms with E-state index in [9.17, 15) is 0 Å². The van der Waals surface area contributed by atoms with Gasteiger partial charge in [-0.3, -0.25) is 0 Å². The van der Waals surface area contributed by atoms with Crippen LogP contribution in [0.3, 0.4) is 0 Å². The summed E-state index contributed by atoms with van der Waals surface area (Å²) in [6.45, 7) is -1.75. The van der Waals surface area contributed by atoms with Crippen molar-refractivity contribution in [1.29, 1.82) is 0 Å². The van der Waals surface area contributed by atoms with Gasteiger partial charge in [0.25, 0.3) is 7.58 Å². The summed E-state index contributed by atoms with van der Waals surface area (Å²) in [7, 11) is -7.60. The van der Waals surface area contributed by atoms with Crippen molar-refractivity contribution in [3.05, 3.63) is 0 Å². The Morgan fingerprint density at radius 2 is 0.957 bits per heavy atom. The van der Waals surface area contributed by atoms with Crippen molar-refractivity contribution in [3.8, 4) is 0 Å². The molecule has 0 aromatic heterocycles. The molecule has 5 nitrogen and oxygen atoms in total. The van der Waals surface area contributed by atoms with Crippen molar-refractivity contribution in [2.75, 3.05) is 0 Å². The summed E-state index contributed by atoms with van der Waals surface area (Å²) < 4.78 is 7.48. The smallest absolute Gasteiger partial charge is 0.117 e. The van der Waals surface area contributed by atoms with E-state index in [0.717, 1.165) is 15.8 Å². The molecule has 0 radical (unpaired) electrons.